The van der Waals surface area contributed by atoms with Crippen LogP contribution in [0.15, 0.2) is 30.3 Å². The van der Waals surface area contributed by atoms with E-state index in [0.717, 1.165) is 5.56 Å². The third kappa shape index (κ3) is 5.23. The number of hydrogen-bond donors (Lipinski definition) is 3. The number of carbonyl (C=O) groups excluding carboxylic acids is 2. The molecule has 8 nitrogen and oxygen atoms in total. The summed E-state index contributed by atoms with van der Waals surface area (Å²) in [6.45, 7) is 2.18. The molecule has 0 radical (unpaired) electrons. The van der Waals surface area contributed by atoms with E-state index in [2.05, 4.69) is 5.32 Å². The first kappa shape index (κ1) is 19.3. The predicted molar refractivity (Wildman–Crippen MR) is 86.1 cm³/mol. The number of ether oxygens (including phenoxy) is 3. The van der Waals surface area contributed by atoms with Crippen LogP contribution in [0.2, 0.25) is 0 Å². The molecular formula is C17H23NO7. The van der Waals surface area contributed by atoms with Gasteiger partial charge >= 0.3 is 5.97 Å². The van der Waals surface area contributed by atoms with E-state index < -0.39 is 49.1 Å². The van der Waals surface area contributed by atoms with Gasteiger partial charge in [0.1, 0.15) is 18.2 Å². The van der Waals surface area contributed by atoms with Gasteiger partial charge in [0.05, 0.1) is 13.2 Å². The third-order valence-electron chi connectivity index (χ3n) is 3.78. The van der Waals surface area contributed by atoms with E-state index in [1.165, 1.54) is 13.8 Å². The van der Waals surface area contributed by atoms with Crippen molar-refractivity contribution in [2.45, 2.75) is 51.1 Å². The van der Waals surface area contributed by atoms with Gasteiger partial charge in [-0.2, -0.15) is 0 Å². The second-order valence-corrected chi connectivity index (χ2v) is 5.81. The standard InChI is InChI=1S/C17H23NO7/c1-10(20)18-14-16(24-11(2)21)15(22)13(8-19)25-17(14)23-9-12-6-4-3-5-7-12/h3-7,13-17,19,22H,8-9H2,1-2H3,(H,18,20)/t13-,14-,15+,16+,17-/m0/s1. The van der Waals surface area contributed by atoms with Gasteiger partial charge in [-0.05, 0) is 5.56 Å². The monoisotopic (exact) mass is 353 g/mol. The van der Waals surface area contributed by atoms with Crippen LogP contribution < -0.4 is 5.32 Å². The van der Waals surface area contributed by atoms with Crippen molar-refractivity contribution in [3.8, 4) is 0 Å². The highest BCUT2D eigenvalue weighted by Crippen LogP contribution is 2.25. The van der Waals surface area contributed by atoms with Crippen molar-refractivity contribution in [2.75, 3.05) is 6.61 Å². The van der Waals surface area contributed by atoms with Gasteiger partial charge in [0.15, 0.2) is 12.4 Å². The van der Waals surface area contributed by atoms with Gasteiger partial charge in [0, 0.05) is 13.8 Å². The van der Waals surface area contributed by atoms with E-state index in [1.807, 2.05) is 30.3 Å². The highest BCUT2D eigenvalue weighted by Gasteiger charge is 2.48. The molecule has 1 saturated heterocycles. The molecule has 1 aromatic rings. The quantitative estimate of drug-likeness (QED) is 0.603. The summed E-state index contributed by atoms with van der Waals surface area (Å²) in [4.78, 5) is 22.9. The number of carbonyl (C=O) groups is 2. The van der Waals surface area contributed by atoms with Gasteiger partial charge < -0.3 is 29.7 Å². The summed E-state index contributed by atoms with van der Waals surface area (Å²) in [5.74, 6) is -1.02. The summed E-state index contributed by atoms with van der Waals surface area (Å²) in [7, 11) is 0. The van der Waals surface area contributed by atoms with Crippen molar-refractivity contribution in [3.05, 3.63) is 35.9 Å². The van der Waals surface area contributed by atoms with Crippen molar-refractivity contribution in [1.82, 2.24) is 5.32 Å². The Morgan fingerprint density at radius 1 is 1.24 bits per heavy atom. The maximum absolute atomic E-state index is 11.5. The average molecular weight is 353 g/mol. The fraction of sp³-hybridized carbons (Fsp3) is 0.529. The molecule has 1 fully saturated rings. The molecule has 1 amide bonds. The highest BCUT2D eigenvalue weighted by atomic mass is 16.7. The number of benzene rings is 1. The Morgan fingerprint density at radius 3 is 2.48 bits per heavy atom. The topological polar surface area (TPSA) is 114 Å². The van der Waals surface area contributed by atoms with Crippen LogP contribution in [0, 0.1) is 0 Å². The number of hydrogen-bond acceptors (Lipinski definition) is 7. The zero-order valence-electron chi connectivity index (χ0n) is 14.1. The number of rotatable bonds is 6. The lowest BCUT2D eigenvalue weighted by molar-refractivity contribution is -0.276. The Labute approximate surface area is 145 Å². The van der Waals surface area contributed by atoms with Crippen LogP contribution in [-0.2, 0) is 30.4 Å². The first-order chi connectivity index (χ1) is 11.9. The first-order valence-electron chi connectivity index (χ1n) is 7.96. The lowest BCUT2D eigenvalue weighted by atomic mass is 9.96. The van der Waals surface area contributed by atoms with E-state index in [-0.39, 0.29) is 6.61 Å². The Kier molecular flexibility index (Phi) is 6.89. The zero-order valence-corrected chi connectivity index (χ0v) is 14.1. The van der Waals surface area contributed by atoms with Crippen LogP contribution in [0.3, 0.4) is 0 Å². The molecule has 0 spiro atoms. The summed E-state index contributed by atoms with van der Waals surface area (Å²) >= 11 is 0. The largest absolute Gasteiger partial charge is 0.457 e. The zero-order chi connectivity index (χ0) is 18.4. The Hall–Kier alpha value is -2.00. The van der Waals surface area contributed by atoms with Crippen LogP contribution in [0.5, 0.6) is 0 Å². The molecule has 1 aliphatic rings. The summed E-state index contributed by atoms with van der Waals surface area (Å²) in [5.41, 5.74) is 0.878. The van der Waals surface area contributed by atoms with Crippen molar-refractivity contribution < 1.29 is 34.0 Å². The molecule has 0 bridgehead atoms. The van der Waals surface area contributed by atoms with E-state index in [4.69, 9.17) is 14.2 Å². The Bertz CT molecular complexity index is 580. The lowest BCUT2D eigenvalue weighted by Gasteiger charge is -2.43. The van der Waals surface area contributed by atoms with Crippen LogP contribution in [0.4, 0.5) is 0 Å². The molecule has 0 aliphatic carbocycles. The molecule has 2 rings (SSSR count). The third-order valence-corrected chi connectivity index (χ3v) is 3.78. The van der Waals surface area contributed by atoms with E-state index in [0.29, 0.717) is 0 Å². The van der Waals surface area contributed by atoms with Crippen LogP contribution in [0.1, 0.15) is 19.4 Å². The maximum Gasteiger partial charge on any atom is 0.303 e. The van der Waals surface area contributed by atoms with Crippen LogP contribution in [0.25, 0.3) is 0 Å². The predicted octanol–water partition coefficient (Wildman–Crippen LogP) is -0.282. The van der Waals surface area contributed by atoms with Gasteiger partial charge in [-0.1, -0.05) is 30.3 Å². The van der Waals surface area contributed by atoms with Gasteiger partial charge in [-0.25, -0.2) is 0 Å². The molecule has 25 heavy (non-hydrogen) atoms. The van der Waals surface area contributed by atoms with Crippen molar-refractivity contribution in [3.63, 3.8) is 0 Å². The highest BCUT2D eigenvalue weighted by molar-refractivity contribution is 5.73. The molecule has 0 aromatic heterocycles. The van der Waals surface area contributed by atoms with E-state index in [1.54, 1.807) is 0 Å². The summed E-state index contributed by atoms with van der Waals surface area (Å²) in [6.07, 6.45) is -4.42. The smallest absolute Gasteiger partial charge is 0.303 e. The van der Waals surface area contributed by atoms with Crippen molar-refractivity contribution in [1.29, 1.82) is 0 Å². The minimum atomic E-state index is -1.30. The number of amides is 1. The summed E-state index contributed by atoms with van der Waals surface area (Å²) in [6, 6.07) is 8.38. The fourth-order valence-corrected chi connectivity index (χ4v) is 2.68. The lowest BCUT2D eigenvalue weighted by Crippen LogP contribution is -2.65. The SMILES string of the molecule is CC(=O)N[C@@H]1[C@@H](OCc2ccccc2)O[C@@H](CO)[C@@H](O)[C@@H]1OC(C)=O. The minimum absolute atomic E-state index is 0.183. The molecule has 8 heteroatoms. The van der Waals surface area contributed by atoms with Gasteiger partial charge in [-0.15, -0.1) is 0 Å². The second-order valence-electron chi connectivity index (χ2n) is 5.81. The summed E-state index contributed by atoms with van der Waals surface area (Å²) in [5, 5.41) is 22.3. The molecule has 3 N–H and O–H groups in total. The van der Waals surface area contributed by atoms with Crippen LogP contribution >= 0.6 is 0 Å². The molecule has 138 valence electrons. The molecule has 1 aliphatic heterocycles. The maximum atomic E-state index is 11.5. The van der Waals surface area contributed by atoms with Gasteiger partial charge in [-0.3, -0.25) is 9.59 Å². The average Bonchev–Trinajstić information content (AvgIpc) is 2.57. The fourth-order valence-electron chi connectivity index (χ4n) is 2.68. The second kappa shape index (κ2) is 8.91. The number of nitrogens with one attached hydrogen (secondary N) is 1. The number of esters is 1. The molecular weight excluding hydrogens is 330 g/mol. The number of aliphatic hydroxyl groups excluding tert-OH is 2. The normalized spacial score (nSPS) is 29.0. The van der Waals surface area contributed by atoms with Crippen molar-refractivity contribution >= 4 is 11.9 Å². The summed E-state index contributed by atoms with van der Waals surface area (Å²) < 4.78 is 16.4. The Balaban J connectivity index is 2.19. The van der Waals surface area contributed by atoms with Gasteiger partial charge in [0.2, 0.25) is 5.91 Å². The van der Waals surface area contributed by atoms with Crippen molar-refractivity contribution in [2.24, 2.45) is 0 Å². The molecule has 5 atom stereocenters. The minimum Gasteiger partial charge on any atom is -0.457 e. The Morgan fingerprint density at radius 2 is 1.92 bits per heavy atom. The van der Waals surface area contributed by atoms with Crippen LogP contribution in [-0.4, -0.2) is 59.3 Å². The van der Waals surface area contributed by atoms with E-state index >= 15 is 0 Å². The molecule has 0 unspecified atom stereocenters. The van der Waals surface area contributed by atoms with Gasteiger partial charge in [0.25, 0.3) is 0 Å². The molecule has 0 saturated carbocycles. The number of aliphatic hydroxyl groups is 2. The first-order valence-corrected chi connectivity index (χ1v) is 7.96. The van der Waals surface area contributed by atoms with E-state index in [9.17, 15) is 19.8 Å². The molecule has 1 heterocycles. The molecule has 1 aromatic carbocycles.